The molecule has 128 valence electrons. The van der Waals surface area contributed by atoms with Crippen molar-refractivity contribution in [2.45, 2.75) is 45.8 Å². The number of hydrogen-bond acceptors (Lipinski definition) is 3. The number of likely N-dealkylation sites (tertiary alicyclic amines) is 1. The first kappa shape index (κ1) is 17.9. The lowest BCUT2D eigenvalue weighted by molar-refractivity contribution is 0.0165. The minimum atomic E-state index is -0.498. The van der Waals surface area contributed by atoms with E-state index >= 15 is 0 Å². The zero-order valence-corrected chi connectivity index (χ0v) is 14.8. The Morgan fingerprint density at radius 1 is 1.43 bits per heavy atom. The summed E-state index contributed by atoms with van der Waals surface area (Å²) in [6.45, 7) is 8.78. The molecule has 1 fully saturated rings. The van der Waals surface area contributed by atoms with Crippen LogP contribution in [-0.4, -0.2) is 35.7 Å². The summed E-state index contributed by atoms with van der Waals surface area (Å²) in [6, 6.07) is 4.70. The molecule has 1 N–H and O–H groups in total. The number of nitrogens with one attached hydrogen (secondary N) is 1. The van der Waals surface area contributed by atoms with Crippen molar-refractivity contribution in [2.75, 3.05) is 18.4 Å². The van der Waals surface area contributed by atoms with E-state index in [0.29, 0.717) is 23.8 Å². The van der Waals surface area contributed by atoms with E-state index in [-0.39, 0.29) is 23.9 Å². The normalized spacial score (nSPS) is 21.9. The summed E-state index contributed by atoms with van der Waals surface area (Å²) in [4.78, 5) is 13.8. The van der Waals surface area contributed by atoms with E-state index < -0.39 is 5.60 Å². The van der Waals surface area contributed by atoms with Crippen molar-refractivity contribution >= 4 is 23.4 Å². The maximum Gasteiger partial charge on any atom is 0.410 e. The molecule has 1 aliphatic rings. The highest BCUT2D eigenvalue weighted by molar-refractivity contribution is 6.30. The number of benzene rings is 1. The van der Waals surface area contributed by atoms with Crippen molar-refractivity contribution in [1.29, 1.82) is 0 Å². The van der Waals surface area contributed by atoms with Crippen LogP contribution in [0.4, 0.5) is 14.9 Å². The second-order valence-electron chi connectivity index (χ2n) is 7.07. The van der Waals surface area contributed by atoms with Crippen LogP contribution in [0.2, 0.25) is 5.02 Å². The molecule has 0 saturated carbocycles. The second kappa shape index (κ2) is 6.95. The molecule has 6 heteroatoms. The fraction of sp³-hybridized carbons (Fsp3) is 0.588. The summed E-state index contributed by atoms with van der Waals surface area (Å²) >= 11 is 5.77. The molecule has 1 heterocycles. The molecule has 1 saturated heterocycles. The standard InChI is InChI=1S/C17H24ClFN2O2/c1-11-10-21(16(22)23-17(2,3)4)8-7-14(11)20-15-6-5-12(18)9-13(15)19/h5-6,9,11,14,20H,7-8,10H2,1-4H3. The molecule has 2 atom stereocenters. The van der Waals surface area contributed by atoms with E-state index in [9.17, 15) is 9.18 Å². The lowest BCUT2D eigenvalue weighted by Crippen LogP contribution is -2.49. The van der Waals surface area contributed by atoms with Gasteiger partial charge in [-0.25, -0.2) is 9.18 Å². The Labute approximate surface area is 141 Å². The fourth-order valence-corrected chi connectivity index (χ4v) is 2.82. The van der Waals surface area contributed by atoms with E-state index in [2.05, 4.69) is 5.32 Å². The van der Waals surface area contributed by atoms with E-state index in [1.54, 1.807) is 17.0 Å². The van der Waals surface area contributed by atoms with Gasteiger partial charge in [0, 0.05) is 24.2 Å². The highest BCUT2D eigenvalue weighted by atomic mass is 35.5. The average molecular weight is 343 g/mol. The number of ether oxygens (including phenoxy) is 1. The van der Waals surface area contributed by atoms with Crippen LogP contribution in [0, 0.1) is 11.7 Å². The molecule has 1 aromatic rings. The van der Waals surface area contributed by atoms with Crippen LogP contribution in [0.5, 0.6) is 0 Å². The van der Waals surface area contributed by atoms with Gasteiger partial charge in [0.1, 0.15) is 11.4 Å². The quantitative estimate of drug-likeness (QED) is 0.858. The van der Waals surface area contributed by atoms with Crippen molar-refractivity contribution in [3.05, 3.63) is 29.0 Å². The van der Waals surface area contributed by atoms with Crippen molar-refractivity contribution in [3.8, 4) is 0 Å². The summed E-state index contributed by atoms with van der Waals surface area (Å²) < 4.78 is 19.3. The number of anilines is 1. The summed E-state index contributed by atoms with van der Waals surface area (Å²) in [5, 5.41) is 3.60. The predicted octanol–water partition coefficient (Wildman–Crippen LogP) is 4.54. The van der Waals surface area contributed by atoms with E-state index in [1.165, 1.54) is 6.07 Å². The third-order valence-corrected chi connectivity index (χ3v) is 4.06. The van der Waals surface area contributed by atoms with Gasteiger partial charge in [0.2, 0.25) is 0 Å². The molecule has 0 spiro atoms. The zero-order chi connectivity index (χ0) is 17.2. The van der Waals surface area contributed by atoms with E-state index in [4.69, 9.17) is 16.3 Å². The number of amides is 1. The van der Waals surface area contributed by atoms with Gasteiger partial charge in [-0.1, -0.05) is 18.5 Å². The Kier molecular flexibility index (Phi) is 5.40. The number of hydrogen-bond donors (Lipinski definition) is 1. The summed E-state index contributed by atoms with van der Waals surface area (Å²) in [5.41, 5.74) is -0.0565. The van der Waals surface area contributed by atoms with Gasteiger partial charge in [0.15, 0.2) is 0 Å². The molecule has 4 nitrogen and oxygen atoms in total. The van der Waals surface area contributed by atoms with E-state index in [1.807, 2.05) is 27.7 Å². The number of carbonyl (C=O) groups excluding carboxylic acids is 1. The molecular weight excluding hydrogens is 319 g/mol. The number of halogens is 2. The number of nitrogens with zero attached hydrogens (tertiary/aromatic N) is 1. The largest absolute Gasteiger partial charge is 0.444 e. The van der Waals surface area contributed by atoms with Gasteiger partial charge in [-0.2, -0.15) is 0 Å². The number of carbonyl (C=O) groups is 1. The Hall–Kier alpha value is -1.49. The topological polar surface area (TPSA) is 41.6 Å². The van der Waals surface area contributed by atoms with Crippen molar-refractivity contribution in [3.63, 3.8) is 0 Å². The molecule has 0 aliphatic carbocycles. The van der Waals surface area contributed by atoms with Crippen LogP contribution in [0.1, 0.15) is 34.1 Å². The molecule has 0 aromatic heterocycles. The molecule has 0 radical (unpaired) electrons. The molecule has 0 bridgehead atoms. The third kappa shape index (κ3) is 4.99. The summed E-state index contributed by atoms with van der Waals surface area (Å²) in [5.74, 6) is -0.175. The number of rotatable bonds is 2. The smallest absolute Gasteiger partial charge is 0.410 e. The first-order chi connectivity index (χ1) is 10.7. The van der Waals surface area contributed by atoms with Crippen LogP contribution in [0.3, 0.4) is 0 Å². The second-order valence-corrected chi connectivity index (χ2v) is 7.50. The first-order valence-corrected chi connectivity index (χ1v) is 8.23. The predicted molar refractivity (Wildman–Crippen MR) is 90.4 cm³/mol. The Morgan fingerprint density at radius 3 is 2.70 bits per heavy atom. The third-order valence-electron chi connectivity index (χ3n) is 3.83. The van der Waals surface area contributed by atoms with Gasteiger partial charge < -0.3 is 15.0 Å². The van der Waals surface area contributed by atoms with Gasteiger partial charge >= 0.3 is 6.09 Å². The van der Waals surface area contributed by atoms with Crippen molar-refractivity contribution in [1.82, 2.24) is 4.90 Å². The van der Waals surface area contributed by atoms with Gasteiger partial charge in [-0.05, 0) is 51.3 Å². The van der Waals surface area contributed by atoms with Crippen molar-refractivity contribution in [2.24, 2.45) is 5.92 Å². The van der Waals surface area contributed by atoms with Crippen LogP contribution in [0.25, 0.3) is 0 Å². The van der Waals surface area contributed by atoms with Gasteiger partial charge in [0.25, 0.3) is 0 Å². The van der Waals surface area contributed by atoms with Crippen LogP contribution >= 0.6 is 11.6 Å². The molecular formula is C17H24ClFN2O2. The van der Waals surface area contributed by atoms with Gasteiger partial charge in [-0.3, -0.25) is 0 Å². The highest BCUT2D eigenvalue weighted by Crippen LogP contribution is 2.25. The Morgan fingerprint density at radius 2 is 2.13 bits per heavy atom. The van der Waals surface area contributed by atoms with Crippen LogP contribution < -0.4 is 5.32 Å². The molecule has 23 heavy (non-hydrogen) atoms. The molecule has 2 unspecified atom stereocenters. The molecule has 1 aromatic carbocycles. The zero-order valence-electron chi connectivity index (χ0n) is 14.0. The van der Waals surface area contributed by atoms with Crippen molar-refractivity contribution < 1.29 is 13.9 Å². The number of piperidine rings is 1. The fourth-order valence-electron chi connectivity index (χ4n) is 2.66. The molecule has 2 rings (SSSR count). The monoisotopic (exact) mass is 342 g/mol. The maximum atomic E-state index is 13.9. The first-order valence-electron chi connectivity index (χ1n) is 7.85. The molecule has 1 aliphatic heterocycles. The van der Waals surface area contributed by atoms with E-state index in [0.717, 1.165) is 6.42 Å². The minimum absolute atomic E-state index is 0.101. The van der Waals surface area contributed by atoms with Crippen LogP contribution in [0.15, 0.2) is 18.2 Å². The van der Waals surface area contributed by atoms with Gasteiger partial charge in [0.05, 0.1) is 5.69 Å². The van der Waals surface area contributed by atoms with Gasteiger partial charge in [-0.15, -0.1) is 0 Å². The van der Waals surface area contributed by atoms with Crippen LogP contribution in [-0.2, 0) is 4.74 Å². The Bertz CT molecular complexity index is 574. The minimum Gasteiger partial charge on any atom is -0.444 e. The lowest BCUT2D eigenvalue weighted by atomic mass is 9.94. The molecule has 1 amide bonds. The maximum absolute atomic E-state index is 13.9. The average Bonchev–Trinajstić information content (AvgIpc) is 2.41. The SMILES string of the molecule is CC1CN(C(=O)OC(C)(C)C)CCC1Nc1ccc(Cl)cc1F. The lowest BCUT2D eigenvalue weighted by Gasteiger charge is -2.38. The summed E-state index contributed by atoms with van der Waals surface area (Å²) in [7, 11) is 0. The summed E-state index contributed by atoms with van der Waals surface area (Å²) in [6.07, 6.45) is 0.447. The highest BCUT2D eigenvalue weighted by Gasteiger charge is 2.31. The Balaban J connectivity index is 1.95.